The van der Waals surface area contributed by atoms with E-state index in [4.69, 9.17) is 10.5 Å². The van der Waals surface area contributed by atoms with E-state index >= 15 is 0 Å². The standard InChI is InChI=1S/C16H12N4O2S/c1-22-16(21)14-12(17)11-4-2-3-10(13(11)23-14)8-5-9-7-19-20-15(9)18-6-8/h2-7H,17H2,1H3,(H,18,19,20). The number of carbonyl (C=O) groups excluding carboxylic acids is 1. The fraction of sp³-hybridized carbons (Fsp3) is 0.0625. The molecule has 3 aromatic heterocycles. The van der Waals surface area contributed by atoms with Crippen LogP contribution < -0.4 is 5.73 Å². The van der Waals surface area contributed by atoms with E-state index in [-0.39, 0.29) is 0 Å². The molecular formula is C16H12N4O2S. The minimum atomic E-state index is -0.418. The van der Waals surface area contributed by atoms with Crippen LogP contribution >= 0.6 is 11.3 Å². The maximum atomic E-state index is 11.9. The number of hydrogen-bond donors (Lipinski definition) is 2. The zero-order valence-corrected chi connectivity index (χ0v) is 13.0. The molecule has 0 bridgehead atoms. The zero-order chi connectivity index (χ0) is 16.0. The summed E-state index contributed by atoms with van der Waals surface area (Å²) in [5, 5.41) is 8.59. The molecule has 23 heavy (non-hydrogen) atoms. The molecule has 0 spiro atoms. The number of nitrogen functional groups attached to an aromatic ring is 1. The summed E-state index contributed by atoms with van der Waals surface area (Å²) >= 11 is 1.33. The molecule has 3 N–H and O–H groups in total. The lowest BCUT2D eigenvalue weighted by atomic mass is 10.0. The number of ether oxygens (including phenoxy) is 1. The van der Waals surface area contributed by atoms with E-state index < -0.39 is 5.97 Å². The van der Waals surface area contributed by atoms with Crippen molar-refractivity contribution in [2.24, 2.45) is 0 Å². The van der Waals surface area contributed by atoms with Gasteiger partial charge in [-0.1, -0.05) is 18.2 Å². The molecule has 0 aliphatic heterocycles. The van der Waals surface area contributed by atoms with Gasteiger partial charge in [0.25, 0.3) is 0 Å². The highest BCUT2D eigenvalue weighted by atomic mass is 32.1. The average Bonchev–Trinajstić information content (AvgIpc) is 3.18. The number of rotatable bonds is 2. The number of nitrogens with zero attached hydrogens (tertiary/aromatic N) is 2. The largest absolute Gasteiger partial charge is 0.465 e. The topological polar surface area (TPSA) is 93.9 Å². The third kappa shape index (κ3) is 2.05. The number of methoxy groups -OCH3 is 1. The number of esters is 1. The van der Waals surface area contributed by atoms with Crippen molar-refractivity contribution in [2.75, 3.05) is 12.8 Å². The van der Waals surface area contributed by atoms with Crippen LogP contribution in [0.25, 0.3) is 32.2 Å². The van der Waals surface area contributed by atoms with Crippen molar-refractivity contribution in [1.82, 2.24) is 15.2 Å². The Morgan fingerprint density at radius 3 is 3.04 bits per heavy atom. The fourth-order valence-corrected chi connectivity index (χ4v) is 3.77. The predicted octanol–water partition coefficient (Wildman–Crippen LogP) is 3.21. The first-order valence-electron chi connectivity index (χ1n) is 6.88. The first-order chi connectivity index (χ1) is 11.2. The molecule has 0 fully saturated rings. The number of thiophene rings is 1. The van der Waals surface area contributed by atoms with Crippen LogP contribution in [0.3, 0.4) is 0 Å². The number of H-pyrrole nitrogens is 1. The Labute approximate surface area is 134 Å². The van der Waals surface area contributed by atoms with E-state index in [2.05, 4.69) is 15.2 Å². The van der Waals surface area contributed by atoms with Crippen LogP contribution in [-0.2, 0) is 4.74 Å². The number of nitrogens with two attached hydrogens (primary N) is 1. The van der Waals surface area contributed by atoms with Crippen molar-refractivity contribution in [3.63, 3.8) is 0 Å². The highest BCUT2D eigenvalue weighted by molar-refractivity contribution is 7.22. The smallest absolute Gasteiger partial charge is 0.350 e. The van der Waals surface area contributed by atoms with Gasteiger partial charge in [-0.2, -0.15) is 5.10 Å². The summed E-state index contributed by atoms with van der Waals surface area (Å²) in [6.07, 6.45) is 3.51. The van der Waals surface area contributed by atoms with Crippen molar-refractivity contribution < 1.29 is 9.53 Å². The number of nitrogens with one attached hydrogen (secondary N) is 1. The second-order valence-electron chi connectivity index (χ2n) is 5.05. The van der Waals surface area contributed by atoms with Gasteiger partial charge in [-0.05, 0) is 6.07 Å². The highest BCUT2D eigenvalue weighted by Gasteiger charge is 2.19. The van der Waals surface area contributed by atoms with Crippen LogP contribution in [0.5, 0.6) is 0 Å². The lowest BCUT2D eigenvalue weighted by Gasteiger charge is -2.03. The molecule has 0 atom stereocenters. The molecular weight excluding hydrogens is 312 g/mol. The normalized spacial score (nSPS) is 11.2. The summed E-state index contributed by atoms with van der Waals surface area (Å²) in [4.78, 5) is 16.7. The summed E-state index contributed by atoms with van der Waals surface area (Å²) in [6, 6.07) is 7.82. The third-order valence-electron chi connectivity index (χ3n) is 3.73. The molecule has 0 aliphatic carbocycles. The summed E-state index contributed by atoms with van der Waals surface area (Å²) in [5.41, 5.74) is 9.23. The Hall–Kier alpha value is -2.93. The summed E-state index contributed by atoms with van der Waals surface area (Å²) < 4.78 is 5.75. The van der Waals surface area contributed by atoms with E-state index in [0.717, 1.165) is 32.2 Å². The van der Waals surface area contributed by atoms with Crippen LogP contribution in [0.15, 0.2) is 36.7 Å². The number of benzene rings is 1. The van der Waals surface area contributed by atoms with Crippen molar-refractivity contribution in [1.29, 1.82) is 0 Å². The molecule has 4 aromatic rings. The summed E-state index contributed by atoms with van der Waals surface area (Å²) in [5.74, 6) is -0.418. The Bertz CT molecular complexity index is 1050. The van der Waals surface area contributed by atoms with Gasteiger partial charge >= 0.3 is 5.97 Å². The van der Waals surface area contributed by atoms with E-state index in [1.165, 1.54) is 18.4 Å². The van der Waals surface area contributed by atoms with Gasteiger partial charge < -0.3 is 10.5 Å². The molecule has 3 heterocycles. The quantitative estimate of drug-likeness (QED) is 0.552. The van der Waals surface area contributed by atoms with Gasteiger partial charge in [0.1, 0.15) is 4.88 Å². The molecule has 0 saturated carbocycles. The number of hydrogen-bond acceptors (Lipinski definition) is 6. The molecule has 0 aliphatic rings. The summed E-state index contributed by atoms with van der Waals surface area (Å²) in [6.45, 7) is 0. The van der Waals surface area contributed by atoms with Gasteiger partial charge in [0.15, 0.2) is 5.65 Å². The average molecular weight is 324 g/mol. The Balaban J connectivity index is 1.97. The first-order valence-corrected chi connectivity index (χ1v) is 7.69. The van der Waals surface area contributed by atoms with Crippen LogP contribution in [0, 0.1) is 0 Å². The molecule has 0 saturated heterocycles. The van der Waals surface area contributed by atoms with Crippen LogP contribution in [0.1, 0.15) is 9.67 Å². The minimum absolute atomic E-state index is 0.418. The Morgan fingerprint density at radius 1 is 1.35 bits per heavy atom. The van der Waals surface area contributed by atoms with Gasteiger partial charge in [0.05, 0.1) is 19.0 Å². The molecule has 0 radical (unpaired) electrons. The van der Waals surface area contributed by atoms with Crippen LogP contribution in [0.2, 0.25) is 0 Å². The van der Waals surface area contributed by atoms with Crippen LogP contribution in [-0.4, -0.2) is 28.3 Å². The maximum Gasteiger partial charge on any atom is 0.350 e. The Morgan fingerprint density at radius 2 is 2.22 bits per heavy atom. The number of fused-ring (bicyclic) bond motifs is 2. The minimum Gasteiger partial charge on any atom is -0.465 e. The van der Waals surface area contributed by atoms with E-state index in [9.17, 15) is 4.79 Å². The number of aromatic nitrogens is 3. The molecule has 0 unspecified atom stereocenters. The van der Waals surface area contributed by atoms with Gasteiger partial charge in [-0.15, -0.1) is 11.3 Å². The molecule has 4 rings (SSSR count). The maximum absolute atomic E-state index is 11.9. The SMILES string of the molecule is COC(=O)c1sc2c(-c3cnc4[nH]ncc4c3)cccc2c1N. The van der Waals surface area contributed by atoms with E-state index in [1.807, 2.05) is 24.3 Å². The van der Waals surface area contributed by atoms with Gasteiger partial charge in [-0.25, -0.2) is 9.78 Å². The van der Waals surface area contributed by atoms with Crippen LogP contribution in [0.4, 0.5) is 5.69 Å². The zero-order valence-electron chi connectivity index (χ0n) is 12.2. The number of aromatic amines is 1. The summed E-state index contributed by atoms with van der Waals surface area (Å²) in [7, 11) is 1.35. The molecule has 7 heteroatoms. The molecule has 1 aromatic carbocycles. The number of pyridine rings is 1. The second kappa shape index (κ2) is 5.06. The number of carbonyl (C=O) groups is 1. The van der Waals surface area contributed by atoms with Gasteiger partial charge in [-0.3, -0.25) is 5.10 Å². The lowest BCUT2D eigenvalue weighted by molar-refractivity contribution is 0.0607. The molecule has 6 nitrogen and oxygen atoms in total. The predicted molar refractivity (Wildman–Crippen MR) is 90.5 cm³/mol. The van der Waals surface area contributed by atoms with E-state index in [1.54, 1.807) is 12.4 Å². The lowest BCUT2D eigenvalue weighted by Crippen LogP contribution is -2.01. The monoisotopic (exact) mass is 324 g/mol. The molecule has 114 valence electrons. The van der Waals surface area contributed by atoms with Crippen molar-refractivity contribution in [3.8, 4) is 11.1 Å². The number of anilines is 1. The third-order valence-corrected chi connectivity index (χ3v) is 4.96. The van der Waals surface area contributed by atoms with E-state index in [0.29, 0.717) is 10.6 Å². The van der Waals surface area contributed by atoms with Gasteiger partial charge in [0.2, 0.25) is 0 Å². The van der Waals surface area contributed by atoms with Gasteiger partial charge in [0, 0.05) is 32.8 Å². The van der Waals surface area contributed by atoms with Crippen molar-refractivity contribution in [2.45, 2.75) is 0 Å². The first kappa shape index (κ1) is 13.7. The molecule has 0 amide bonds. The fourth-order valence-electron chi connectivity index (χ4n) is 2.59. The Kier molecular flexibility index (Phi) is 3.02. The second-order valence-corrected chi connectivity index (χ2v) is 6.07. The van der Waals surface area contributed by atoms with Crippen molar-refractivity contribution >= 4 is 44.1 Å². The van der Waals surface area contributed by atoms with Crippen molar-refractivity contribution in [3.05, 3.63) is 41.5 Å². The highest BCUT2D eigenvalue weighted by Crippen LogP contribution is 2.40.